The van der Waals surface area contributed by atoms with E-state index in [9.17, 15) is 24.5 Å². The molecule has 1 heterocycles. The van der Waals surface area contributed by atoms with Crippen LogP contribution in [0.3, 0.4) is 0 Å². The minimum Gasteiger partial charge on any atom is -0.508 e. The van der Waals surface area contributed by atoms with Gasteiger partial charge in [-0.1, -0.05) is 54.6 Å². The second-order valence-corrected chi connectivity index (χ2v) is 9.81. The highest BCUT2D eigenvalue weighted by molar-refractivity contribution is 8.00. The molecule has 7 heteroatoms. The van der Waals surface area contributed by atoms with Gasteiger partial charge < -0.3 is 20.2 Å². The summed E-state index contributed by atoms with van der Waals surface area (Å²) in [5.74, 6) is -0.0791. The van der Waals surface area contributed by atoms with Gasteiger partial charge in [0, 0.05) is 17.0 Å². The number of amides is 1. The molecule has 0 bridgehead atoms. The highest BCUT2D eigenvalue weighted by atomic mass is 32.2. The molecule has 1 aliphatic heterocycles. The summed E-state index contributed by atoms with van der Waals surface area (Å²) in [6.07, 6.45) is -0.864. The number of carbonyl (C=O) groups excluding carboxylic acids is 1. The lowest BCUT2D eigenvalue weighted by Crippen LogP contribution is -2.57. The molecule has 0 saturated carbocycles. The fraction of sp³-hybridized carbons (Fsp3) is 0.138. The van der Waals surface area contributed by atoms with Crippen molar-refractivity contribution in [3.8, 4) is 22.6 Å². The van der Waals surface area contributed by atoms with Gasteiger partial charge in [0.05, 0.1) is 12.1 Å². The first-order valence-electron chi connectivity index (χ1n) is 11.5. The number of thioether (sulfide) groups is 1. The van der Waals surface area contributed by atoms with E-state index in [0.717, 1.165) is 16.8 Å². The van der Waals surface area contributed by atoms with Crippen molar-refractivity contribution in [1.82, 2.24) is 0 Å². The number of phenolic OH excluding ortho intramolecular Hbond substituents is 2. The van der Waals surface area contributed by atoms with Gasteiger partial charge in [0.25, 0.3) is 0 Å². The molecule has 4 aromatic rings. The van der Waals surface area contributed by atoms with Crippen LogP contribution in [0.2, 0.25) is 0 Å². The van der Waals surface area contributed by atoms with E-state index in [0.29, 0.717) is 11.1 Å². The van der Waals surface area contributed by atoms with Crippen LogP contribution in [0.15, 0.2) is 97.1 Å². The molecule has 0 spiro atoms. The van der Waals surface area contributed by atoms with Crippen LogP contribution in [-0.2, 0) is 4.79 Å². The van der Waals surface area contributed by atoms with Crippen LogP contribution < -0.4 is 4.90 Å². The van der Waals surface area contributed by atoms with E-state index in [1.54, 1.807) is 35.2 Å². The fourth-order valence-corrected chi connectivity index (χ4v) is 5.73. The number of hydrogen-bond donors (Lipinski definition) is 3. The SMILES string of the molecule is O=C1C(SCC(O)c2ccc(F)cc2)C(c2ccc(-c3cccc(O)c3)cc2O)N1c1ccccc1. The predicted molar refractivity (Wildman–Crippen MR) is 139 cm³/mol. The summed E-state index contributed by atoms with van der Waals surface area (Å²) in [4.78, 5) is 14.9. The zero-order chi connectivity index (χ0) is 25.2. The number of aliphatic hydroxyl groups is 1. The van der Waals surface area contributed by atoms with Gasteiger partial charge in [-0.25, -0.2) is 4.39 Å². The summed E-state index contributed by atoms with van der Waals surface area (Å²) in [6.45, 7) is 0. The Morgan fingerprint density at radius 3 is 2.28 bits per heavy atom. The first-order valence-corrected chi connectivity index (χ1v) is 12.5. The van der Waals surface area contributed by atoms with Crippen LogP contribution in [0.1, 0.15) is 23.3 Å². The molecule has 3 N–H and O–H groups in total. The average molecular weight is 502 g/mol. The third-order valence-corrected chi connectivity index (χ3v) is 7.62. The first kappa shape index (κ1) is 23.9. The van der Waals surface area contributed by atoms with Gasteiger partial charge in [0.1, 0.15) is 22.6 Å². The number of anilines is 1. The summed E-state index contributed by atoms with van der Waals surface area (Å²) in [6, 6.07) is 26.5. The Bertz CT molecular complexity index is 1380. The molecule has 1 saturated heterocycles. The Morgan fingerprint density at radius 2 is 1.58 bits per heavy atom. The van der Waals surface area contributed by atoms with Crippen molar-refractivity contribution < 1.29 is 24.5 Å². The Labute approximate surface area is 212 Å². The molecule has 1 fully saturated rings. The van der Waals surface area contributed by atoms with Crippen LogP contribution in [0.4, 0.5) is 10.1 Å². The lowest BCUT2D eigenvalue weighted by atomic mass is 9.90. The zero-order valence-corrected chi connectivity index (χ0v) is 20.0. The Kier molecular flexibility index (Phi) is 6.67. The molecule has 3 atom stereocenters. The molecule has 1 amide bonds. The lowest BCUT2D eigenvalue weighted by Gasteiger charge is -2.47. The summed E-state index contributed by atoms with van der Waals surface area (Å²) in [5.41, 5.74) is 3.39. The number of halogens is 1. The minimum absolute atomic E-state index is 0.0407. The number of benzene rings is 4. The molecule has 0 aromatic heterocycles. The van der Waals surface area contributed by atoms with Crippen LogP contribution >= 0.6 is 11.8 Å². The second-order valence-electron chi connectivity index (χ2n) is 8.63. The van der Waals surface area contributed by atoms with E-state index in [1.165, 1.54) is 36.0 Å². The molecule has 182 valence electrons. The molecule has 5 rings (SSSR count). The van der Waals surface area contributed by atoms with E-state index in [-0.39, 0.29) is 29.0 Å². The van der Waals surface area contributed by atoms with Gasteiger partial charge in [-0.2, -0.15) is 0 Å². The van der Waals surface area contributed by atoms with E-state index in [1.807, 2.05) is 42.5 Å². The van der Waals surface area contributed by atoms with Gasteiger partial charge in [-0.05, 0) is 59.2 Å². The molecule has 36 heavy (non-hydrogen) atoms. The lowest BCUT2D eigenvalue weighted by molar-refractivity contribution is -0.123. The Balaban J connectivity index is 1.43. The summed E-state index contributed by atoms with van der Waals surface area (Å²) >= 11 is 1.31. The smallest absolute Gasteiger partial charge is 0.243 e. The normalized spacial score (nSPS) is 18.1. The van der Waals surface area contributed by atoms with Gasteiger partial charge in [0.15, 0.2) is 0 Å². The van der Waals surface area contributed by atoms with Crippen LogP contribution in [0.25, 0.3) is 11.1 Å². The van der Waals surface area contributed by atoms with Crippen molar-refractivity contribution in [3.05, 3.63) is 114 Å². The van der Waals surface area contributed by atoms with Crippen molar-refractivity contribution in [1.29, 1.82) is 0 Å². The molecule has 4 aromatic carbocycles. The standard InChI is InChI=1S/C29H24FNO4S/c30-21-12-9-18(10-13-21)26(34)17-36-28-27(31(29(28)35)22-6-2-1-3-7-22)24-14-11-20(16-25(24)33)19-5-4-8-23(32)15-19/h1-16,26-28,32-34H,17H2. The summed E-state index contributed by atoms with van der Waals surface area (Å²) in [7, 11) is 0. The molecule has 5 nitrogen and oxygen atoms in total. The number of aromatic hydroxyl groups is 2. The van der Waals surface area contributed by atoms with Gasteiger partial charge in [0.2, 0.25) is 5.91 Å². The van der Waals surface area contributed by atoms with Crippen molar-refractivity contribution in [2.24, 2.45) is 0 Å². The van der Waals surface area contributed by atoms with Crippen molar-refractivity contribution in [2.45, 2.75) is 17.4 Å². The van der Waals surface area contributed by atoms with Crippen LogP contribution in [-0.4, -0.2) is 32.2 Å². The molecule has 1 aliphatic rings. The minimum atomic E-state index is -0.864. The number of phenols is 2. The predicted octanol–water partition coefficient (Wildman–Crippen LogP) is 5.83. The third kappa shape index (κ3) is 4.67. The molecule has 3 unspecified atom stereocenters. The van der Waals surface area contributed by atoms with Gasteiger partial charge in [-0.3, -0.25) is 4.79 Å². The van der Waals surface area contributed by atoms with Crippen molar-refractivity contribution in [2.75, 3.05) is 10.7 Å². The van der Waals surface area contributed by atoms with Crippen molar-refractivity contribution >= 4 is 23.4 Å². The third-order valence-electron chi connectivity index (χ3n) is 6.30. The maximum Gasteiger partial charge on any atom is 0.243 e. The monoisotopic (exact) mass is 501 g/mol. The number of β-lactam (4-membered cyclic amide) rings is 1. The van der Waals surface area contributed by atoms with E-state index in [4.69, 9.17) is 0 Å². The quantitative estimate of drug-likeness (QED) is 0.278. The van der Waals surface area contributed by atoms with Gasteiger partial charge >= 0.3 is 0 Å². The van der Waals surface area contributed by atoms with Crippen LogP contribution in [0.5, 0.6) is 11.5 Å². The average Bonchev–Trinajstić information content (AvgIpc) is 2.88. The Morgan fingerprint density at radius 1 is 0.861 bits per heavy atom. The van der Waals surface area contributed by atoms with Gasteiger partial charge in [-0.15, -0.1) is 11.8 Å². The van der Waals surface area contributed by atoms with E-state index >= 15 is 0 Å². The number of carbonyl (C=O) groups is 1. The summed E-state index contributed by atoms with van der Waals surface area (Å²) in [5, 5.41) is 30.9. The van der Waals surface area contributed by atoms with Crippen LogP contribution in [0, 0.1) is 5.82 Å². The molecule has 0 radical (unpaired) electrons. The van der Waals surface area contributed by atoms with E-state index in [2.05, 4.69) is 0 Å². The highest BCUT2D eigenvalue weighted by Gasteiger charge is 2.50. The number of hydrogen-bond acceptors (Lipinski definition) is 5. The number of aliphatic hydroxyl groups excluding tert-OH is 1. The Hall–Kier alpha value is -3.81. The van der Waals surface area contributed by atoms with E-state index < -0.39 is 17.4 Å². The number of rotatable bonds is 7. The zero-order valence-electron chi connectivity index (χ0n) is 19.2. The first-order chi connectivity index (χ1) is 17.4. The topological polar surface area (TPSA) is 81.0 Å². The molecule has 0 aliphatic carbocycles. The molecular formula is C29H24FNO4S. The van der Waals surface area contributed by atoms with Crippen molar-refractivity contribution in [3.63, 3.8) is 0 Å². The fourth-order valence-electron chi connectivity index (χ4n) is 4.44. The number of para-hydroxylation sites is 1. The second kappa shape index (κ2) is 10.0. The number of nitrogens with zero attached hydrogens (tertiary/aromatic N) is 1. The molecular weight excluding hydrogens is 477 g/mol. The maximum atomic E-state index is 13.2. The highest BCUT2D eigenvalue weighted by Crippen LogP contribution is 2.48. The largest absolute Gasteiger partial charge is 0.508 e. The summed E-state index contributed by atoms with van der Waals surface area (Å²) < 4.78 is 13.2. The maximum absolute atomic E-state index is 13.2.